The Kier molecular flexibility index (Phi) is 15.6. The molecule has 0 fully saturated rings. The summed E-state index contributed by atoms with van der Waals surface area (Å²) in [4.78, 5) is 0. The van der Waals surface area contributed by atoms with Crippen LogP contribution in [0.3, 0.4) is 0 Å². The van der Waals surface area contributed by atoms with Crippen LogP contribution >= 0.6 is 0 Å². The van der Waals surface area contributed by atoms with Crippen LogP contribution in [0.15, 0.2) is 23.3 Å². The summed E-state index contributed by atoms with van der Waals surface area (Å²) in [5, 5.41) is 73.8. The van der Waals surface area contributed by atoms with E-state index in [0.717, 1.165) is 0 Å². The van der Waals surface area contributed by atoms with E-state index in [9.17, 15) is 20.4 Å². The second-order valence-corrected chi connectivity index (χ2v) is 6.42. The molecule has 27 heavy (non-hydrogen) atoms. The monoisotopic (exact) mass is 394 g/mol. The highest BCUT2D eigenvalue weighted by Gasteiger charge is 2.12. The molecule has 9 heteroatoms. The minimum absolute atomic E-state index is 0.142. The lowest BCUT2D eigenvalue weighted by molar-refractivity contribution is 0.0800. The summed E-state index contributed by atoms with van der Waals surface area (Å²) in [6, 6.07) is 0. The maximum absolute atomic E-state index is 9.53. The fourth-order valence-electron chi connectivity index (χ4n) is 2.39. The number of aliphatic hydroxyl groups excluding tert-OH is 8. The van der Waals surface area contributed by atoms with Gasteiger partial charge in [-0.05, 0) is 25.7 Å². The van der Waals surface area contributed by atoms with Crippen LogP contribution in [0.25, 0.3) is 0 Å². The molecule has 0 aromatic carbocycles. The molecule has 0 aromatic rings. The molecule has 9 nitrogen and oxygen atoms in total. The molecule has 4 atom stereocenters. The SMILES string of the molecule is OCC(O)CC(=CCOCC=C(CC(O)CO)CC(O)CO)CC(O)CO. The molecular weight excluding hydrogens is 360 g/mol. The van der Waals surface area contributed by atoms with Crippen molar-refractivity contribution in [2.24, 2.45) is 0 Å². The number of rotatable bonds is 16. The van der Waals surface area contributed by atoms with Crippen molar-refractivity contribution in [3.05, 3.63) is 23.3 Å². The second-order valence-electron chi connectivity index (χ2n) is 6.42. The zero-order valence-corrected chi connectivity index (χ0v) is 15.5. The van der Waals surface area contributed by atoms with Gasteiger partial charge in [-0.1, -0.05) is 23.3 Å². The molecule has 0 saturated carbocycles. The van der Waals surface area contributed by atoms with E-state index in [2.05, 4.69) is 0 Å². The molecule has 8 N–H and O–H groups in total. The average molecular weight is 394 g/mol. The molecule has 0 saturated heterocycles. The van der Waals surface area contributed by atoms with Crippen molar-refractivity contribution in [3.63, 3.8) is 0 Å². The fourth-order valence-corrected chi connectivity index (χ4v) is 2.39. The van der Waals surface area contributed by atoms with E-state index in [1.54, 1.807) is 12.2 Å². The Morgan fingerprint density at radius 2 is 0.815 bits per heavy atom. The van der Waals surface area contributed by atoms with Gasteiger partial charge in [-0.25, -0.2) is 0 Å². The van der Waals surface area contributed by atoms with Crippen LogP contribution in [-0.2, 0) is 4.74 Å². The van der Waals surface area contributed by atoms with E-state index in [4.69, 9.17) is 25.2 Å². The molecule has 160 valence electrons. The largest absolute Gasteiger partial charge is 0.394 e. The van der Waals surface area contributed by atoms with Crippen LogP contribution < -0.4 is 0 Å². The Hall–Kier alpha value is -0.880. The van der Waals surface area contributed by atoms with Gasteiger partial charge in [0.15, 0.2) is 0 Å². The number of hydrogen-bond donors (Lipinski definition) is 8. The van der Waals surface area contributed by atoms with Crippen LogP contribution in [0.4, 0.5) is 0 Å². The lowest BCUT2D eigenvalue weighted by atomic mass is 10.0. The minimum atomic E-state index is -0.964. The second kappa shape index (κ2) is 16.1. The Labute approximate surface area is 159 Å². The average Bonchev–Trinajstić information content (AvgIpc) is 2.66. The highest BCUT2D eigenvalue weighted by Crippen LogP contribution is 2.14. The first kappa shape index (κ1) is 26.1. The third-order valence-electron chi connectivity index (χ3n) is 3.81. The molecule has 0 aliphatic carbocycles. The molecular formula is C18H34O9. The summed E-state index contributed by atoms with van der Waals surface area (Å²) in [6.45, 7) is -1.36. The van der Waals surface area contributed by atoms with Crippen molar-refractivity contribution in [2.75, 3.05) is 39.6 Å². The molecule has 0 aromatic heterocycles. The summed E-state index contributed by atoms with van der Waals surface area (Å²) in [5.74, 6) is 0. The van der Waals surface area contributed by atoms with E-state index >= 15 is 0 Å². The zero-order valence-electron chi connectivity index (χ0n) is 15.5. The lowest BCUT2D eigenvalue weighted by Crippen LogP contribution is -2.18. The van der Waals surface area contributed by atoms with Crippen LogP contribution in [0.2, 0.25) is 0 Å². The maximum atomic E-state index is 9.53. The van der Waals surface area contributed by atoms with E-state index in [-0.39, 0.29) is 38.9 Å². The van der Waals surface area contributed by atoms with Crippen molar-refractivity contribution < 1.29 is 45.6 Å². The standard InChI is InChI=1S/C18H34O9/c19-9-15(23)5-13(6-16(24)10-20)1-3-27-4-2-14(7-17(25)11-21)8-18(26)12-22/h1-2,15-26H,3-12H2. The van der Waals surface area contributed by atoms with Gasteiger partial charge in [0.05, 0.1) is 64.1 Å². The summed E-state index contributed by atoms with van der Waals surface area (Å²) in [6.07, 6.45) is 0.0104. The summed E-state index contributed by atoms with van der Waals surface area (Å²) < 4.78 is 5.43. The van der Waals surface area contributed by atoms with E-state index in [1.165, 1.54) is 0 Å². The predicted molar refractivity (Wildman–Crippen MR) is 97.8 cm³/mol. The van der Waals surface area contributed by atoms with Crippen LogP contribution in [0.5, 0.6) is 0 Å². The Bertz CT molecular complexity index is 359. The summed E-state index contributed by atoms with van der Waals surface area (Å²) >= 11 is 0. The normalized spacial score (nSPS) is 15.7. The van der Waals surface area contributed by atoms with E-state index < -0.39 is 50.8 Å². The first-order chi connectivity index (χ1) is 12.9. The number of ether oxygens (including phenoxy) is 1. The topological polar surface area (TPSA) is 171 Å². The smallest absolute Gasteiger partial charge is 0.0807 e. The van der Waals surface area contributed by atoms with Gasteiger partial charge in [-0.15, -0.1) is 0 Å². The van der Waals surface area contributed by atoms with Gasteiger partial charge in [0.25, 0.3) is 0 Å². The van der Waals surface area contributed by atoms with Gasteiger partial charge >= 0.3 is 0 Å². The Morgan fingerprint density at radius 1 is 0.556 bits per heavy atom. The molecule has 0 rings (SSSR count). The third-order valence-corrected chi connectivity index (χ3v) is 3.81. The van der Waals surface area contributed by atoms with Crippen molar-refractivity contribution in [1.29, 1.82) is 0 Å². The molecule has 4 unspecified atom stereocenters. The predicted octanol–water partition coefficient (Wildman–Crippen LogP) is -2.17. The van der Waals surface area contributed by atoms with E-state index in [0.29, 0.717) is 11.1 Å². The van der Waals surface area contributed by atoms with Crippen molar-refractivity contribution in [1.82, 2.24) is 0 Å². The highest BCUT2D eigenvalue weighted by molar-refractivity contribution is 5.07. The van der Waals surface area contributed by atoms with Gasteiger partial charge in [-0.2, -0.15) is 0 Å². The minimum Gasteiger partial charge on any atom is -0.394 e. The molecule has 0 heterocycles. The number of hydrogen-bond acceptors (Lipinski definition) is 9. The maximum Gasteiger partial charge on any atom is 0.0807 e. The number of aliphatic hydroxyl groups is 8. The van der Waals surface area contributed by atoms with Gasteiger partial charge in [0.1, 0.15) is 0 Å². The molecule has 0 aliphatic rings. The van der Waals surface area contributed by atoms with Gasteiger partial charge in [-0.3, -0.25) is 0 Å². The Morgan fingerprint density at radius 3 is 1.04 bits per heavy atom. The van der Waals surface area contributed by atoms with Crippen LogP contribution in [0.1, 0.15) is 25.7 Å². The lowest BCUT2D eigenvalue weighted by Gasteiger charge is -2.15. The van der Waals surface area contributed by atoms with Crippen LogP contribution in [-0.4, -0.2) is 105 Å². The first-order valence-electron chi connectivity index (χ1n) is 8.95. The quantitative estimate of drug-likeness (QED) is 0.107. The fraction of sp³-hybridized carbons (Fsp3) is 0.778. The Balaban J connectivity index is 4.67. The molecule has 0 radical (unpaired) electrons. The van der Waals surface area contributed by atoms with Gasteiger partial charge in [0, 0.05) is 0 Å². The molecule has 0 aliphatic heterocycles. The molecule has 0 spiro atoms. The summed E-state index contributed by atoms with van der Waals surface area (Å²) in [5.41, 5.74) is 1.27. The van der Waals surface area contributed by atoms with Gasteiger partial charge < -0.3 is 45.6 Å². The molecule has 0 amide bonds. The van der Waals surface area contributed by atoms with Crippen molar-refractivity contribution >= 4 is 0 Å². The first-order valence-corrected chi connectivity index (χ1v) is 8.95. The zero-order chi connectivity index (χ0) is 20.7. The van der Waals surface area contributed by atoms with E-state index in [1.807, 2.05) is 0 Å². The highest BCUT2D eigenvalue weighted by atomic mass is 16.5. The summed E-state index contributed by atoms with van der Waals surface area (Å²) in [7, 11) is 0. The van der Waals surface area contributed by atoms with Crippen molar-refractivity contribution in [2.45, 2.75) is 50.1 Å². The van der Waals surface area contributed by atoms with Crippen LogP contribution in [0, 0.1) is 0 Å². The van der Waals surface area contributed by atoms with Crippen molar-refractivity contribution in [3.8, 4) is 0 Å². The molecule has 0 bridgehead atoms. The van der Waals surface area contributed by atoms with Gasteiger partial charge in [0.2, 0.25) is 0 Å². The third kappa shape index (κ3) is 13.9.